The molecule has 0 atom stereocenters. The predicted molar refractivity (Wildman–Crippen MR) is 88.6 cm³/mol. The van der Waals surface area contributed by atoms with Crippen LogP contribution in [0.2, 0.25) is 0 Å². The molecule has 3 aromatic rings. The first kappa shape index (κ1) is 17.5. The van der Waals surface area contributed by atoms with Crippen molar-refractivity contribution >= 4 is 31.1 Å². The van der Waals surface area contributed by atoms with Crippen LogP contribution < -0.4 is 9.44 Å². The van der Waals surface area contributed by atoms with Gasteiger partial charge in [-0.15, -0.1) is 0 Å². The molecule has 0 saturated heterocycles. The van der Waals surface area contributed by atoms with E-state index in [0.29, 0.717) is 5.52 Å². The fourth-order valence-electron chi connectivity index (χ4n) is 2.13. The molecule has 0 aliphatic heterocycles. The predicted octanol–water partition coefficient (Wildman–Crippen LogP) is 0.480. The Hall–Kier alpha value is -2.34. The maximum Gasteiger partial charge on any atom is 0.242 e. The average Bonchev–Trinajstić information content (AvgIpc) is 3.08. The molecule has 9 nitrogen and oxygen atoms in total. The van der Waals surface area contributed by atoms with E-state index in [-0.39, 0.29) is 28.4 Å². The lowest BCUT2D eigenvalue weighted by Crippen LogP contribution is -2.34. The molecule has 1 aromatic heterocycles. The average molecular weight is 382 g/mol. The summed E-state index contributed by atoms with van der Waals surface area (Å²) in [6, 6.07) is 12.2. The van der Waals surface area contributed by atoms with E-state index in [9.17, 15) is 16.8 Å². The van der Waals surface area contributed by atoms with Crippen molar-refractivity contribution in [3.05, 3.63) is 48.5 Å². The largest absolute Gasteiger partial charge is 0.243 e. The van der Waals surface area contributed by atoms with Crippen LogP contribution in [0.1, 0.15) is 0 Å². The minimum Gasteiger partial charge on any atom is -0.243 e. The van der Waals surface area contributed by atoms with E-state index in [4.69, 9.17) is 0 Å². The smallest absolute Gasteiger partial charge is 0.242 e. The van der Waals surface area contributed by atoms with E-state index in [2.05, 4.69) is 24.4 Å². The van der Waals surface area contributed by atoms with Crippen LogP contribution in [0.25, 0.3) is 11.0 Å². The molecule has 11 heteroatoms. The van der Waals surface area contributed by atoms with Crippen LogP contribution in [0.3, 0.4) is 0 Å². The zero-order valence-corrected chi connectivity index (χ0v) is 14.4. The van der Waals surface area contributed by atoms with E-state index in [0.717, 1.165) is 0 Å². The van der Waals surface area contributed by atoms with Crippen molar-refractivity contribution in [3.63, 3.8) is 0 Å². The molecule has 1 heterocycles. The molecular weight excluding hydrogens is 368 g/mol. The topological polar surface area (TPSA) is 131 Å². The van der Waals surface area contributed by atoms with Crippen LogP contribution in [0.5, 0.6) is 0 Å². The van der Waals surface area contributed by atoms with Crippen LogP contribution in [-0.2, 0) is 20.0 Å². The lowest BCUT2D eigenvalue weighted by atomic mass is 10.3. The first-order chi connectivity index (χ1) is 11.9. The third kappa shape index (κ3) is 3.85. The molecule has 0 aliphatic rings. The number of rotatable bonds is 7. The molecule has 0 radical (unpaired) electrons. The van der Waals surface area contributed by atoms with E-state index in [1.54, 1.807) is 24.3 Å². The third-order valence-corrected chi connectivity index (χ3v) is 6.27. The van der Waals surface area contributed by atoms with Crippen LogP contribution in [0.15, 0.2) is 63.0 Å². The first-order valence-electron chi connectivity index (χ1n) is 7.16. The Kier molecular flexibility index (Phi) is 4.81. The Morgan fingerprint density at radius 1 is 0.800 bits per heavy atom. The highest BCUT2D eigenvalue weighted by molar-refractivity contribution is 7.90. The number of nitrogens with zero attached hydrogens (tertiary/aromatic N) is 2. The number of nitrogens with one attached hydrogen (secondary N) is 2. The normalized spacial score (nSPS) is 12.5. The summed E-state index contributed by atoms with van der Waals surface area (Å²) < 4.78 is 58.0. The Labute approximate surface area is 144 Å². The van der Waals surface area contributed by atoms with Crippen molar-refractivity contribution in [1.29, 1.82) is 0 Å². The van der Waals surface area contributed by atoms with Gasteiger partial charge in [0.2, 0.25) is 20.0 Å². The maximum absolute atomic E-state index is 12.3. The fourth-order valence-corrected chi connectivity index (χ4v) is 4.36. The molecule has 0 aliphatic carbocycles. The van der Waals surface area contributed by atoms with E-state index in [1.807, 2.05) is 0 Å². The maximum atomic E-state index is 12.3. The zero-order chi connectivity index (χ0) is 17.9. The van der Waals surface area contributed by atoms with E-state index >= 15 is 0 Å². The molecule has 0 fully saturated rings. The molecule has 0 spiro atoms. The number of hydrogen-bond donors (Lipinski definition) is 2. The second-order valence-corrected chi connectivity index (χ2v) is 8.50. The van der Waals surface area contributed by atoms with Gasteiger partial charge in [-0.25, -0.2) is 30.9 Å². The van der Waals surface area contributed by atoms with Crippen molar-refractivity contribution in [2.24, 2.45) is 0 Å². The highest BCUT2D eigenvalue weighted by atomic mass is 32.2. The molecule has 0 bridgehead atoms. The number of aromatic nitrogens is 2. The molecule has 132 valence electrons. The van der Waals surface area contributed by atoms with Gasteiger partial charge in [-0.05, 0) is 34.6 Å². The van der Waals surface area contributed by atoms with Gasteiger partial charge in [0.1, 0.15) is 10.4 Å². The SMILES string of the molecule is O=S(=O)(NCCNS(=O)(=O)c1cccc2nonc12)c1ccccc1. The van der Waals surface area contributed by atoms with Gasteiger partial charge < -0.3 is 0 Å². The van der Waals surface area contributed by atoms with Gasteiger partial charge in [-0.2, -0.15) is 0 Å². The van der Waals surface area contributed by atoms with Gasteiger partial charge in [-0.3, -0.25) is 0 Å². The molecule has 0 unspecified atom stereocenters. The van der Waals surface area contributed by atoms with Gasteiger partial charge in [0.05, 0.1) is 4.90 Å². The fraction of sp³-hybridized carbons (Fsp3) is 0.143. The molecule has 3 rings (SSSR count). The van der Waals surface area contributed by atoms with Crippen molar-refractivity contribution in [2.45, 2.75) is 9.79 Å². The molecule has 2 N–H and O–H groups in total. The van der Waals surface area contributed by atoms with Gasteiger partial charge in [0, 0.05) is 13.1 Å². The van der Waals surface area contributed by atoms with Crippen LogP contribution in [0, 0.1) is 0 Å². The summed E-state index contributed by atoms with van der Waals surface area (Å²) in [4.78, 5) is 0.0217. The molecule has 25 heavy (non-hydrogen) atoms. The monoisotopic (exact) mass is 382 g/mol. The Morgan fingerprint density at radius 2 is 1.48 bits per heavy atom. The highest BCUT2D eigenvalue weighted by Crippen LogP contribution is 2.19. The molecular formula is C14H14N4O5S2. The lowest BCUT2D eigenvalue weighted by molar-refractivity contribution is 0.315. The van der Waals surface area contributed by atoms with E-state index in [1.165, 1.54) is 24.3 Å². The van der Waals surface area contributed by atoms with Crippen molar-refractivity contribution < 1.29 is 21.5 Å². The van der Waals surface area contributed by atoms with Crippen molar-refractivity contribution in [1.82, 2.24) is 19.8 Å². The second kappa shape index (κ2) is 6.88. The number of sulfonamides is 2. The summed E-state index contributed by atoms with van der Waals surface area (Å²) in [5.41, 5.74) is 0.424. The molecule has 0 saturated carbocycles. The summed E-state index contributed by atoms with van der Waals surface area (Å²) in [6.07, 6.45) is 0. The van der Waals surface area contributed by atoms with E-state index < -0.39 is 20.0 Å². The minimum absolute atomic E-state index is 0.0860. The van der Waals surface area contributed by atoms with Crippen LogP contribution >= 0.6 is 0 Å². The lowest BCUT2D eigenvalue weighted by Gasteiger charge is -2.08. The molecule has 2 aromatic carbocycles. The highest BCUT2D eigenvalue weighted by Gasteiger charge is 2.20. The Morgan fingerprint density at radius 3 is 2.20 bits per heavy atom. The Balaban J connectivity index is 1.65. The van der Waals surface area contributed by atoms with Crippen LogP contribution in [0.4, 0.5) is 0 Å². The Bertz CT molecular complexity index is 1080. The third-order valence-electron chi connectivity index (χ3n) is 3.30. The van der Waals surface area contributed by atoms with Gasteiger partial charge >= 0.3 is 0 Å². The van der Waals surface area contributed by atoms with Crippen LogP contribution in [-0.4, -0.2) is 40.2 Å². The minimum atomic E-state index is -3.89. The van der Waals surface area contributed by atoms with Gasteiger partial charge in [0.25, 0.3) is 0 Å². The standard InChI is InChI=1S/C14H14N4O5S2/c19-24(20,11-5-2-1-3-6-11)15-9-10-16-25(21,22)13-8-4-7-12-14(13)18-23-17-12/h1-8,15-16H,9-10H2. The zero-order valence-electron chi connectivity index (χ0n) is 12.8. The summed E-state index contributed by atoms with van der Waals surface area (Å²) in [7, 11) is -7.58. The van der Waals surface area contributed by atoms with Gasteiger partial charge in [-0.1, -0.05) is 24.3 Å². The van der Waals surface area contributed by atoms with Crippen molar-refractivity contribution in [2.75, 3.05) is 13.1 Å². The summed E-state index contributed by atoms with van der Waals surface area (Å²) in [6.45, 7) is -0.237. The quantitative estimate of drug-likeness (QED) is 0.568. The second-order valence-electron chi connectivity index (χ2n) is 5.00. The summed E-state index contributed by atoms with van der Waals surface area (Å²) in [5.74, 6) is 0. The number of fused-ring (bicyclic) bond motifs is 1. The summed E-state index contributed by atoms with van der Waals surface area (Å²) in [5, 5.41) is 7.16. The van der Waals surface area contributed by atoms with Crippen molar-refractivity contribution in [3.8, 4) is 0 Å². The summed E-state index contributed by atoms with van der Waals surface area (Å²) >= 11 is 0. The van der Waals surface area contributed by atoms with Gasteiger partial charge in [0.15, 0.2) is 5.52 Å². The number of benzene rings is 2. The molecule has 0 amide bonds. The first-order valence-corrected chi connectivity index (χ1v) is 10.1. The number of hydrogen-bond acceptors (Lipinski definition) is 7.